The molecule has 1 amide bonds. The van der Waals surface area contributed by atoms with E-state index in [2.05, 4.69) is 10.3 Å². The molecular weight excluding hydrogens is 240 g/mol. The maximum Gasteiger partial charge on any atom is 0.239 e. The van der Waals surface area contributed by atoms with Gasteiger partial charge in [0.05, 0.1) is 18.8 Å². The Morgan fingerprint density at radius 1 is 1.71 bits per heavy atom. The van der Waals surface area contributed by atoms with E-state index in [9.17, 15) is 4.79 Å². The van der Waals surface area contributed by atoms with Gasteiger partial charge in [-0.2, -0.15) is 0 Å². The van der Waals surface area contributed by atoms with Crippen LogP contribution < -0.4 is 5.32 Å². The van der Waals surface area contributed by atoms with E-state index in [0.717, 1.165) is 5.82 Å². The maximum atomic E-state index is 11.8. The number of nitrogens with one attached hydrogen (secondary N) is 1. The van der Waals surface area contributed by atoms with E-state index in [1.54, 1.807) is 22.7 Å². The van der Waals surface area contributed by atoms with Crippen molar-refractivity contribution in [3.05, 3.63) is 17.2 Å². The van der Waals surface area contributed by atoms with Crippen molar-refractivity contribution >= 4 is 17.5 Å². The highest BCUT2D eigenvalue weighted by Crippen LogP contribution is 2.08. The summed E-state index contributed by atoms with van der Waals surface area (Å²) in [5.41, 5.74) is 0. The average molecular weight is 259 g/mol. The van der Waals surface area contributed by atoms with Crippen LogP contribution >= 0.6 is 11.6 Å². The molecule has 0 fully saturated rings. The number of rotatable bonds is 5. The molecule has 0 aliphatic heterocycles. The molecular formula is C11H19ClN4O. The number of nitrogens with zero attached hydrogens (tertiary/aromatic N) is 3. The summed E-state index contributed by atoms with van der Waals surface area (Å²) in [6.07, 6.45) is 1.60. The molecule has 1 unspecified atom stereocenters. The molecule has 0 aliphatic carbocycles. The monoisotopic (exact) mass is 258 g/mol. The summed E-state index contributed by atoms with van der Waals surface area (Å²) in [6, 6.07) is -0.226. The van der Waals surface area contributed by atoms with Crippen molar-refractivity contribution in [3.8, 4) is 0 Å². The van der Waals surface area contributed by atoms with Gasteiger partial charge in [-0.1, -0.05) is 11.6 Å². The van der Waals surface area contributed by atoms with E-state index in [4.69, 9.17) is 11.6 Å². The minimum absolute atomic E-state index is 0.0767. The van der Waals surface area contributed by atoms with E-state index >= 15 is 0 Å². The van der Waals surface area contributed by atoms with Gasteiger partial charge in [-0.05, 0) is 13.8 Å². The van der Waals surface area contributed by atoms with E-state index in [0.29, 0.717) is 18.2 Å². The van der Waals surface area contributed by atoms with E-state index in [1.807, 2.05) is 20.9 Å². The van der Waals surface area contributed by atoms with Crippen LogP contribution in [0.1, 0.15) is 19.7 Å². The normalized spacial score (nSPS) is 12.5. The van der Waals surface area contributed by atoms with Gasteiger partial charge in [-0.15, -0.1) is 0 Å². The second-order valence-corrected chi connectivity index (χ2v) is 4.40. The number of carbonyl (C=O) groups excluding carboxylic acids is 1. The lowest BCUT2D eigenvalue weighted by atomic mass is 10.3. The van der Waals surface area contributed by atoms with E-state index in [1.165, 1.54) is 0 Å². The Morgan fingerprint density at radius 3 is 2.82 bits per heavy atom. The first-order valence-electron chi connectivity index (χ1n) is 5.61. The molecule has 1 rings (SSSR count). The highest BCUT2D eigenvalue weighted by molar-refractivity contribution is 6.29. The summed E-state index contributed by atoms with van der Waals surface area (Å²) in [5.74, 6) is 0.890. The summed E-state index contributed by atoms with van der Waals surface area (Å²) < 4.78 is 1.79. The first-order valence-corrected chi connectivity index (χ1v) is 5.99. The average Bonchev–Trinajstić information content (AvgIpc) is 2.65. The molecule has 1 aromatic heterocycles. The molecule has 0 aliphatic rings. The van der Waals surface area contributed by atoms with Gasteiger partial charge >= 0.3 is 0 Å². The molecule has 0 aromatic carbocycles. The van der Waals surface area contributed by atoms with Crippen molar-refractivity contribution in [2.24, 2.45) is 7.05 Å². The lowest BCUT2D eigenvalue weighted by molar-refractivity contribution is -0.131. The first-order chi connectivity index (χ1) is 7.97. The predicted octanol–water partition coefficient (Wildman–Crippen LogP) is 1.03. The van der Waals surface area contributed by atoms with Gasteiger partial charge in [0.2, 0.25) is 5.91 Å². The minimum atomic E-state index is -0.226. The highest BCUT2D eigenvalue weighted by atomic mass is 35.5. The zero-order valence-electron chi connectivity index (χ0n) is 10.7. The van der Waals surface area contributed by atoms with Crippen LogP contribution in [0.15, 0.2) is 6.20 Å². The van der Waals surface area contributed by atoms with Gasteiger partial charge in [-0.25, -0.2) is 4.98 Å². The van der Waals surface area contributed by atoms with Crippen LogP contribution in [0.2, 0.25) is 5.15 Å². The molecule has 96 valence electrons. The summed E-state index contributed by atoms with van der Waals surface area (Å²) >= 11 is 5.88. The number of hydrogen-bond donors (Lipinski definition) is 1. The van der Waals surface area contributed by atoms with Gasteiger partial charge in [-0.3, -0.25) is 10.1 Å². The van der Waals surface area contributed by atoms with Gasteiger partial charge < -0.3 is 9.47 Å². The van der Waals surface area contributed by atoms with Crippen LogP contribution in [0.3, 0.4) is 0 Å². The Labute approximate surface area is 107 Å². The Balaban J connectivity index is 2.51. The standard InChI is InChI=1S/C11H19ClN4O/c1-5-15(3)11(17)8(2)13-7-10-14-6-9(12)16(10)4/h6,8,13H,5,7H2,1-4H3. The third-order valence-corrected chi connectivity index (χ3v) is 3.17. The van der Waals surface area contributed by atoms with Gasteiger partial charge in [0.15, 0.2) is 0 Å². The summed E-state index contributed by atoms with van der Waals surface area (Å²) in [6.45, 7) is 5.02. The Bertz CT molecular complexity index is 391. The topological polar surface area (TPSA) is 50.2 Å². The fourth-order valence-corrected chi connectivity index (χ4v) is 1.55. The van der Waals surface area contributed by atoms with Crippen LogP contribution in [0.4, 0.5) is 0 Å². The predicted molar refractivity (Wildman–Crippen MR) is 67.8 cm³/mol. The maximum absolute atomic E-state index is 11.8. The number of likely N-dealkylation sites (N-methyl/N-ethyl adjacent to an activating group) is 1. The summed E-state index contributed by atoms with van der Waals surface area (Å²) in [7, 11) is 3.63. The first kappa shape index (κ1) is 14.0. The fraction of sp³-hybridized carbons (Fsp3) is 0.636. The fourth-order valence-electron chi connectivity index (χ4n) is 1.41. The molecule has 0 saturated carbocycles. The number of imidazole rings is 1. The van der Waals surface area contributed by atoms with Crippen molar-refractivity contribution in [1.82, 2.24) is 19.8 Å². The number of hydrogen-bond acceptors (Lipinski definition) is 3. The summed E-state index contributed by atoms with van der Waals surface area (Å²) in [5, 5.41) is 3.72. The van der Waals surface area contributed by atoms with E-state index < -0.39 is 0 Å². The van der Waals surface area contributed by atoms with Crippen molar-refractivity contribution in [3.63, 3.8) is 0 Å². The number of carbonyl (C=O) groups is 1. The second-order valence-electron chi connectivity index (χ2n) is 4.01. The van der Waals surface area contributed by atoms with Gasteiger partial charge in [0.25, 0.3) is 0 Å². The van der Waals surface area contributed by atoms with Crippen molar-refractivity contribution in [1.29, 1.82) is 0 Å². The third kappa shape index (κ3) is 3.44. The minimum Gasteiger partial charge on any atom is -0.345 e. The molecule has 1 N–H and O–H groups in total. The third-order valence-electron chi connectivity index (χ3n) is 2.82. The molecule has 1 heterocycles. The molecule has 0 bridgehead atoms. The molecule has 17 heavy (non-hydrogen) atoms. The van der Waals surface area contributed by atoms with Gasteiger partial charge in [0.1, 0.15) is 11.0 Å². The smallest absolute Gasteiger partial charge is 0.239 e. The number of amides is 1. The van der Waals surface area contributed by atoms with E-state index in [-0.39, 0.29) is 11.9 Å². The number of halogens is 1. The van der Waals surface area contributed by atoms with Gasteiger partial charge in [0, 0.05) is 20.6 Å². The second kappa shape index (κ2) is 6.02. The molecule has 0 radical (unpaired) electrons. The number of aromatic nitrogens is 2. The Hall–Kier alpha value is -1.07. The van der Waals surface area contributed by atoms with Crippen LogP contribution in [-0.2, 0) is 18.4 Å². The van der Waals surface area contributed by atoms with Crippen molar-refractivity contribution in [2.45, 2.75) is 26.4 Å². The molecule has 6 heteroatoms. The molecule has 1 atom stereocenters. The SMILES string of the molecule is CCN(C)C(=O)C(C)NCc1ncc(Cl)n1C. The Kier molecular flexibility index (Phi) is 4.96. The quantitative estimate of drug-likeness (QED) is 0.858. The zero-order chi connectivity index (χ0) is 13.0. The molecule has 0 spiro atoms. The molecule has 5 nitrogen and oxygen atoms in total. The van der Waals surface area contributed by atoms with Crippen LogP contribution in [0.25, 0.3) is 0 Å². The lowest BCUT2D eigenvalue weighted by Gasteiger charge is -2.20. The van der Waals surface area contributed by atoms with Crippen LogP contribution in [-0.4, -0.2) is 40.0 Å². The Morgan fingerprint density at radius 2 is 2.35 bits per heavy atom. The highest BCUT2D eigenvalue weighted by Gasteiger charge is 2.16. The molecule has 1 aromatic rings. The van der Waals surface area contributed by atoms with Crippen LogP contribution in [0.5, 0.6) is 0 Å². The van der Waals surface area contributed by atoms with Crippen molar-refractivity contribution in [2.75, 3.05) is 13.6 Å². The van der Waals surface area contributed by atoms with Crippen molar-refractivity contribution < 1.29 is 4.79 Å². The zero-order valence-corrected chi connectivity index (χ0v) is 11.5. The summed E-state index contributed by atoms with van der Waals surface area (Å²) in [4.78, 5) is 17.6. The molecule has 0 saturated heterocycles. The lowest BCUT2D eigenvalue weighted by Crippen LogP contribution is -2.43. The van der Waals surface area contributed by atoms with Crippen LogP contribution in [0, 0.1) is 0 Å². The largest absolute Gasteiger partial charge is 0.345 e.